The first kappa shape index (κ1) is 17.2. The lowest BCUT2D eigenvalue weighted by Crippen LogP contribution is -2.47. The van der Waals surface area contributed by atoms with Gasteiger partial charge in [-0.15, -0.1) is 0 Å². The van der Waals surface area contributed by atoms with Crippen LogP contribution in [-0.4, -0.2) is 55.5 Å². The Hall–Kier alpha value is -1.67. The number of rotatable bonds is 3. The van der Waals surface area contributed by atoms with Gasteiger partial charge < -0.3 is 9.64 Å². The monoisotopic (exact) mass is 356 g/mol. The van der Waals surface area contributed by atoms with Crippen LogP contribution in [0.25, 0.3) is 0 Å². The van der Waals surface area contributed by atoms with Gasteiger partial charge in [-0.25, -0.2) is 17.6 Å². The highest BCUT2D eigenvalue weighted by Crippen LogP contribution is 2.27. The van der Waals surface area contributed by atoms with Crippen molar-refractivity contribution in [3.05, 3.63) is 29.6 Å². The lowest BCUT2D eigenvalue weighted by molar-refractivity contribution is 0.124. The minimum absolute atomic E-state index is 0.00940. The average molecular weight is 356 g/mol. The zero-order valence-corrected chi connectivity index (χ0v) is 14.6. The number of aryl methyl sites for hydroxylation is 1. The van der Waals surface area contributed by atoms with Gasteiger partial charge in [0, 0.05) is 19.1 Å². The maximum absolute atomic E-state index is 13.4. The van der Waals surface area contributed by atoms with Crippen LogP contribution in [-0.2, 0) is 14.8 Å². The first-order valence-corrected chi connectivity index (χ1v) is 9.46. The van der Waals surface area contributed by atoms with E-state index in [-0.39, 0.29) is 23.1 Å². The molecule has 2 fully saturated rings. The number of amides is 1. The Bertz CT molecular complexity index is 744. The van der Waals surface area contributed by atoms with Crippen molar-refractivity contribution in [2.75, 3.05) is 19.6 Å². The highest BCUT2D eigenvalue weighted by Gasteiger charge is 2.38. The van der Waals surface area contributed by atoms with Crippen molar-refractivity contribution in [1.82, 2.24) is 9.21 Å². The van der Waals surface area contributed by atoms with E-state index in [9.17, 15) is 17.6 Å². The molecule has 0 saturated carbocycles. The summed E-state index contributed by atoms with van der Waals surface area (Å²) >= 11 is 0. The third kappa shape index (κ3) is 3.12. The molecule has 0 aromatic heterocycles. The van der Waals surface area contributed by atoms with Gasteiger partial charge >= 0.3 is 6.09 Å². The predicted octanol–water partition coefficient (Wildman–Crippen LogP) is 2.13. The molecule has 24 heavy (non-hydrogen) atoms. The number of cyclic esters (lactones) is 1. The number of hydrogen-bond acceptors (Lipinski definition) is 4. The third-order valence-corrected chi connectivity index (χ3v) is 6.66. The molecule has 1 aromatic carbocycles. The van der Waals surface area contributed by atoms with Crippen molar-refractivity contribution in [1.29, 1.82) is 0 Å². The summed E-state index contributed by atoms with van der Waals surface area (Å²) in [5.74, 6) is -0.567. The molecule has 2 aliphatic rings. The standard InChI is InChI=1S/C16H21FN2O4S/c1-11-3-4-13(17)9-15(11)24(21,22)18-7-5-14(6-8-18)19-10-12(2)23-16(19)20/h3-4,9,12,14H,5-8,10H2,1-2H3. The van der Waals surface area contributed by atoms with Crippen molar-refractivity contribution in [2.45, 2.75) is 43.7 Å². The molecule has 6 nitrogen and oxygen atoms in total. The molecule has 0 aliphatic carbocycles. The van der Waals surface area contributed by atoms with E-state index in [1.54, 1.807) is 11.8 Å². The molecule has 8 heteroatoms. The number of hydrogen-bond donors (Lipinski definition) is 0. The van der Waals surface area contributed by atoms with Gasteiger partial charge in [0.15, 0.2) is 0 Å². The summed E-state index contributed by atoms with van der Waals surface area (Å²) in [6, 6.07) is 3.77. The molecule has 1 amide bonds. The van der Waals surface area contributed by atoms with E-state index in [1.807, 2.05) is 6.92 Å². The second-order valence-electron chi connectivity index (χ2n) is 6.39. The highest BCUT2D eigenvalue weighted by molar-refractivity contribution is 7.89. The summed E-state index contributed by atoms with van der Waals surface area (Å²) in [4.78, 5) is 13.5. The molecule has 2 aliphatic heterocycles. The summed E-state index contributed by atoms with van der Waals surface area (Å²) in [5, 5.41) is 0. The largest absolute Gasteiger partial charge is 0.444 e. The topological polar surface area (TPSA) is 66.9 Å². The quantitative estimate of drug-likeness (QED) is 0.832. The van der Waals surface area contributed by atoms with Crippen molar-refractivity contribution in [3.63, 3.8) is 0 Å². The molecule has 0 radical (unpaired) electrons. The summed E-state index contributed by atoms with van der Waals surface area (Å²) in [6.07, 6.45) is 0.643. The molecular weight excluding hydrogens is 335 g/mol. The van der Waals surface area contributed by atoms with Gasteiger partial charge in [-0.05, 0) is 44.4 Å². The molecule has 2 heterocycles. The fourth-order valence-electron chi connectivity index (χ4n) is 3.31. The molecule has 3 rings (SSSR count). The fraction of sp³-hybridized carbons (Fsp3) is 0.562. The average Bonchev–Trinajstić information content (AvgIpc) is 2.88. The molecule has 1 aromatic rings. The Labute approximate surface area is 141 Å². The minimum atomic E-state index is -3.73. The lowest BCUT2D eigenvalue weighted by Gasteiger charge is -2.35. The predicted molar refractivity (Wildman–Crippen MR) is 85.6 cm³/mol. The zero-order valence-electron chi connectivity index (χ0n) is 13.7. The number of benzene rings is 1. The minimum Gasteiger partial charge on any atom is -0.444 e. The maximum atomic E-state index is 13.4. The van der Waals surface area contributed by atoms with E-state index in [4.69, 9.17) is 4.74 Å². The van der Waals surface area contributed by atoms with Crippen molar-refractivity contribution < 1.29 is 22.3 Å². The maximum Gasteiger partial charge on any atom is 0.410 e. The van der Waals surface area contributed by atoms with Crippen molar-refractivity contribution in [3.8, 4) is 0 Å². The SMILES string of the molecule is Cc1ccc(F)cc1S(=O)(=O)N1CCC(N2CC(C)OC2=O)CC1. The van der Waals surface area contributed by atoms with Gasteiger partial charge in [0.05, 0.1) is 11.4 Å². The number of piperidine rings is 1. The van der Waals surface area contributed by atoms with Gasteiger partial charge in [-0.1, -0.05) is 6.07 Å². The number of ether oxygens (including phenoxy) is 1. The van der Waals surface area contributed by atoms with Gasteiger partial charge in [-0.2, -0.15) is 4.31 Å². The molecule has 0 N–H and O–H groups in total. The fourth-order valence-corrected chi connectivity index (χ4v) is 5.02. The molecule has 0 bridgehead atoms. The van der Waals surface area contributed by atoms with E-state index in [2.05, 4.69) is 0 Å². The highest BCUT2D eigenvalue weighted by atomic mass is 32.2. The summed E-state index contributed by atoms with van der Waals surface area (Å²) in [7, 11) is -3.73. The first-order chi connectivity index (χ1) is 11.3. The zero-order chi connectivity index (χ0) is 17.5. The number of sulfonamides is 1. The van der Waals surface area contributed by atoms with Gasteiger partial charge in [0.1, 0.15) is 11.9 Å². The second-order valence-corrected chi connectivity index (χ2v) is 8.30. The second kappa shape index (κ2) is 6.33. The number of carbonyl (C=O) groups is 1. The van der Waals surface area contributed by atoms with Gasteiger partial charge in [0.2, 0.25) is 10.0 Å². The lowest BCUT2D eigenvalue weighted by atomic mass is 10.1. The van der Waals surface area contributed by atoms with Crippen molar-refractivity contribution >= 4 is 16.1 Å². The Morgan fingerprint density at radius 1 is 1.25 bits per heavy atom. The van der Waals surface area contributed by atoms with E-state index in [0.29, 0.717) is 38.0 Å². The molecule has 2 saturated heterocycles. The van der Waals surface area contributed by atoms with Gasteiger partial charge in [0.25, 0.3) is 0 Å². The molecule has 1 atom stereocenters. The number of carbonyl (C=O) groups excluding carboxylic acids is 1. The van der Waals surface area contributed by atoms with Crippen LogP contribution < -0.4 is 0 Å². The molecule has 0 spiro atoms. The van der Waals surface area contributed by atoms with E-state index in [1.165, 1.54) is 16.4 Å². The number of halogens is 1. The Kier molecular flexibility index (Phi) is 4.52. The van der Waals surface area contributed by atoms with E-state index < -0.39 is 15.8 Å². The van der Waals surface area contributed by atoms with Crippen LogP contribution in [0.1, 0.15) is 25.3 Å². The van der Waals surface area contributed by atoms with Gasteiger partial charge in [-0.3, -0.25) is 0 Å². The Balaban J connectivity index is 1.72. The Morgan fingerprint density at radius 3 is 2.50 bits per heavy atom. The van der Waals surface area contributed by atoms with E-state index >= 15 is 0 Å². The smallest absolute Gasteiger partial charge is 0.410 e. The molecular formula is C16H21FN2O4S. The van der Waals surface area contributed by atoms with Crippen LogP contribution >= 0.6 is 0 Å². The summed E-state index contributed by atoms with van der Waals surface area (Å²) in [5.41, 5.74) is 0.524. The van der Waals surface area contributed by atoms with Crippen LogP contribution in [0, 0.1) is 12.7 Å². The van der Waals surface area contributed by atoms with Crippen LogP contribution in [0.3, 0.4) is 0 Å². The van der Waals surface area contributed by atoms with Crippen LogP contribution in [0.5, 0.6) is 0 Å². The summed E-state index contributed by atoms with van der Waals surface area (Å²) in [6.45, 7) is 4.65. The third-order valence-electron chi connectivity index (χ3n) is 4.62. The Morgan fingerprint density at radius 2 is 1.92 bits per heavy atom. The normalized spacial score (nSPS) is 23.5. The van der Waals surface area contributed by atoms with E-state index in [0.717, 1.165) is 6.07 Å². The van der Waals surface area contributed by atoms with Crippen molar-refractivity contribution in [2.24, 2.45) is 0 Å². The molecule has 1 unspecified atom stereocenters. The number of nitrogens with zero attached hydrogens (tertiary/aromatic N) is 2. The van der Waals surface area contributed by atoms with Crippen LogP contribution in [0.2, 0.25) is 0 Å². The summed E-state index contributed by atoms with van der Waals surface area (Å²) < 4.78 is 45.5. The first-order valence-electron chi connectivity index (χ1n) is 8.02. The molecule has 132 valence electrons. The van der Waals surface area contributed by atoms with Crippen LogP contribution in [0.4, 0.5) is 9.18 Å². The van der Waals surface area contributed by atoms with Crippen LogP contribution in [0.15, 0.2) is 23.1 Å².